The number of rotatable bonds is 7. The van der Waals surface area contributed by atoms with Gasteiger partial charge < -0.3 is 29.4 Å². The van der Waals surface area contributed by atoms with E-state index in [9.17, 15) is 4.79 Å². The number of hydrogen-bond acceptors (Lipinski definition) is 9. The Hall–Kier alpha value is -1.53. The van der Waals surface area contributed by atoms with E-state index >= 15 is 0 Å². The van der Waals surface area contributed by atoms with E-state index < -0.39 is 35.9 Å². The average molecular weight is 539 g/mol. The van der Waals surface area contributed by atoms with E-state index in [1.807, 2.05) is 43.3 Å². The van der Waals surface area contributed by atoms with Crippen molar-refractivity contribution < 1.29 is 28.5 Å². The van der Waals surface area contributed by atoms with E-state index in [1.54, 1.807) is 13.1 Å². The average Bonchev–Trinajstić information content (AvgIpc) is 2.82. The molecule has 1 aromatic heterocycles. The monoisotopic (exact) mass is 538 g/mol. The van der Waals surface area contributed by atoms with Crippen molar-refractivity contribution >= 4 is 33.7 Å². The molecule has 2 N–H and O–H groups in total. The van der Waals surface area contributed by atoms with Crippen LogP contribution in [0.3, 0.4) is 0 Å². The topological polar surface area (TPSA) is 102 Å². The van der Waals surface area contributed by atoms with Crippen molar-refractivity contribution in [3.8, 4) is 0 Å². The molecule has 2 saturated heterocycles. The van der Waals surface area contributed by atoms with Gasteiger partial charge in [0.05, 0.1) is 19.3 Å². The Morgan fingerprint density at radius 1 is 1.24 bits per heavy atom. The molecule has 0 saturated carbocycles. The molecule has 2 aromatic rings. The maximum atomic E-state index is 12.4. The second-order valence-corrected chi connectivity index (χ2v) is 9.61. The first-order chi connectivity index (χ1) is 16.0. The van der Waals surface area contributed by atoms with Crippen LogP contribution in [0.25, 0.3) is 0 Å². The van der Waals surface area contributed by atoms with E-state index in [0.717, 1.165) is 10.0 Å². The molecule has 0 aliphatic carbocycles. The number of thioether (sulfide) groups is 1. The largest absolute Gasteiger partial charge is 0.461 e. The van der Waals surface area contributed by atoms with Crippen molar-refractivity contribution in [1.29, 1.82) is 0 Å². The van der Waals surface area contributed by atoms with Gasteiger partial charge in [0.25, 0.3) is 0 Å². The second-order valence-electron chi connectivity index (χ2n) is 7.56. The van der Waals surface area contributed by atoms with E-state index in [0.29, 0.717) is 18.1 Å². The Kier molecular flexibility index (Phi) is 8.39. The van der Waals surface area contributed by atoms with E-state index in [1.165, 1.54) is 11.8 Å². The van der Waals surface area contributed by atoms with E-state index in [4.69, 9.17) is 29.4 Å². The van der Waals surface area contributed by atoms with Gasteiger partial charge in [0, 0.05) is 27.7 Å². The summed E-state index contributed by atoms with van der Waals surface area (Å²) in [4.78, 5) is 17.3. The Bertz CT molecular complexity index is 952. The van der Waals surface area contributed by atoms with Gasteiger partial charge in [0.1, 0.15) is 23.7 Å². The van der Waals surface area contributed by atoms with Gasteiger partial charge in [-0.3, -0.25) is 0 Å². The highest BCUT2D eigenvalue weighted by atomic mass is 79.9. The fourth-order valence-electron chi connectivity index (χ4n) is 3.87. The zero-order chi connectivity index (χ0) is 23.4. The quantitative estimate of drug-likeness (QED) is 0.528. The highest BCUT2D eigenvalue weighted by molar-refractivity contribution is 9.10. The van der Waals surface area contributed by atoms with Crippen molar-refractivity contribution in [3.05, 3.63) is 58.3 Å². The summed E-state index contributed by atoms with van der Waals surface area (Å²) in [5, 5.41) is 0. The molecule has 33 heavy (non-hydrogen) atoms. The van der Waals surface area contributed by atoms with Crippen LogP contribution in [0.15, 0.2) is 52.0 Å². The van der Waals surface area contributed by atoms with Crippen LogP contribution in [0.5, 0.6) is 0 Å². The van der Waals surface area contributed by atoms with E-state index in [-0.39, 0.29) is 18.4 Å². The number of esters is 1. The highest BCUT2D eigenvalue weighted by Gasteiger charge is 2.49. The molecule has 0 spiro atoms. The molecule has 0 amide bonds. The molecule has 0 bridgehead atoms. The molecule has 0 radical (unpaired) electrons. The number of ether oxygens (including phenoxy) is 5. The molecular weight excluding hydrogens is 512 g/mol. The van der Waals surface area contributed by atoms with Crippen LogP contribution in [-0.2, 0) is 23.7 Å². The predicted octanol–water partition coefficient (Wildman–Crippen LogP) is 3.68. The molecule has 6 unspecified atom stereocenters. The fraction of sp³-hybridized carbons (Fsp3) is 0.478. The number of fused-ring (bicyclic) bond motifs is 1. The molecule has 2 aliphatic heterocycles. The molecular formula is C23H27BrN2O6S. The third kappa shape index (κ3) is 5.59. The lowest BCUT2D eigenvalue weighted by molar-refractivity contribution is -0.300. The maximum absolute atomic E-state index is 12.4. The first kappa shape index (κ1) is 24.6. The van der Waals surface area contributed by atoms with Crippen molar-refractivity contribution in [2.24, 2.45) is 5.73 Å². The lowest BCUT2D eigenvalue weighted by Gasteiger charge is -2.48. The fourth-order valence-corrected chi connectivity index (χ4v) is 5.64. The van der Waals surface area contributed by atoms with Crippen LogP contribution in [0.2, 0.25) is 0 Å². The highest BCUT2D eigenvalue weighted by Crippen LogP contribution is 2.40. The minimum Gasteiger partial charge on any atom is -0.461 e. The molecule has 8 nitrogen and oxygen atoms in total. The second kappa shape index (κ2) is 11.3. The SMILES string of the molecule is CCOC(=O)c1ncc(Br)cc1SC1OC2COC(c3ccccc3)OC2C(N)C1OCC. The third-order valence-electron chi connectivity index (χ3n) is 5.36. The summed E-state index contributed by atoms with van der Waals surface area (Å²) in [5.74, 6) is -0.492. The summed E-state index contributed by atoms with van der Waals surface area (Å²) >= 11 is 4.76. The molecule has 4 rings (SSSR count). The van der Waals surface area contributed by atoms with Crippen molar-refractivity contribution in [1.82, 2.24) is 4.98 Å². The first-order valence-electron chi connectivity index (χ1n) is 10.9. The van der Waals surface area contributed by atoms with Gasteiger partial charge in [0.2, 0.25) is 0 Å². The number of halogens is 1. The van der Waals surface area contributed by atoms with Crippen LogP contribution in [0.4, 0.5) is 0 Å². The lowest BCUT2D eigenvalue weighted by atomic mass is 9.96. The molecule has 178 valence electrons. The van der Waals surface area contributed by atoms with Crippen molar-refractivity contribution in [2.45, 2.75) is 54.8 Å². The number of carbonyl (C=O) groups is 1. The summed E-state index contributed by atoms with van der Waals surface area (Å²) in [6.45, 7) is 4.70. The van der Waals surface area contributed by atoms with Gasteiger partial charge in [-0.2, -0.15) is 0 Å². The van der Waals surface area contributed by atoms with Gasteiger partial charge >= 0.3 is 5.97 Å². The van der Waals surface area contributed by atoms with Crippen molar-refractivity contribution in [3.63, 3.8) is 0 Å². The summed E-state index contributed by atoms with van der Waals surface area (Å²) < 4.78 is 30.4. The number of benzene rings is 1. The van der Waals surface area contributed by atoms with Gasteiger partial charge in [-0.1, -0.05) is 42.1 Å². The first-order valence-corrected chi connectivity index (χ1v) is 12.5. The van der Waals surface area contributed by atoms with Crippen LogP contribution in [0, 0.1) is 0 Å². The summed E-state index contributed by atoms with van der Waals surface area (Å²) in [6.07, 6.45) is -0.197. The predicted molar refractivity (Wildman–Crippen MR) is 126 cm³/mol. The third-order valence-corrected chi connectivity index (χ3v) is 6.97. The molecule has 3 heterocycles. The van der Waals surface area contributed by atoms with Gasteiger partial charge in [0.15, 0.2) is 12.0 Å². The zero-order valence-corrected chi connectivity index (χ0v) is 20.8. The Morgan fingerprint density at radius 3 is 2.76 bits per heavy atom. The normalized spacial score (nSPS) is 29.3. The van der Waals surface area contributed by atoms with E-state index in [2.05, 4.69) is 20.9 Å². The number of nitrogens with two attached hydrogens (primary N) is 1. The van der Waals surface area contributed by atoms with Crippen LogP contribution >= 0.6 is 27.7 Å². The van der Waals surface area contributed by atoms with Gasteiger partial charge in [-0.05, 0) is 35.8 Å². The Balaban J connectivity index is 1.55. The minimum atomic E-state index is -0.515. The minimum absolute atomic E-state index is 0.222. The molecule has 1 aromatic carbocycles. The molecule has 2 fully saturated rings. The summed E-state index contributed by atoms with van der Waals surface area (Å²) in [7, 11) is 0. The molecule has 10 heteroatoms. The standard InChI is InChI=1S/C23H27BrN2O6S/c1-3-28-20-17(25)19-15(12-30-22(32-19)13-8-6-5-7-9-13)31-23(20)33-16-10-14(24)11-26-18(16)21(27)29-4-2/h5-11,15,17,19-20,22-23H,3-4,12,25H2,1-2H3. The van der Waals surface area contributed by atoms with Gasteiger partial charge in [-0.15, -0.1) is 0 Å². The van der Waals surface area contributed by atoms with Crippen LogP contribution in [-0.4, -0.2) is 60.6 Å². The smallest absolute Gasteiger partial charge is 0.358 e. The summed E-state index contributed by atoms with van der Waals surface area (Å²) in [6, 6.07) is 11.1. The van der Waals surface area contributed by atoms with Crippen LogP contribution < -0.4 is 5.73 Å². The molecule has 2 aliphatic rings. The lowest BCUT2D eigenvalue weighted by Crippen LogP contribution is -2.64. The van der Waals surface area contributed by atoms with Gasteiger partial charge in [-0.25, -0.2) is 9.78 Å². The summed E-state index contributed by atoms with van der Waals surface area (Å²) in [5.41, 5.74) is 7.31. The molecule has 6 atom stereocenters. The van der Waals surface area contributed by atoms with Crippen LogP contribution in [0.1, 0.15) is 36.2 Å². The van der Waals surface area contributed by atoms with Crippen molar-refractivity contribution in [2.75, 3.05) is 19.8 Å². The Morgan fingerprint density at radius 2 is 2.03 bits per heavy atom. The zero-order valence-electron chi connectivity index (χ0n) is 18.4. The number of aromatic nitrogens is 1. The number of carbonyl (C=O) groups excluding carboxylic acids is 1. The Labute approximate surface area is 205 Å². The number of nitrogens with zero attached hydrogens (tertiary/aromatic N) is 1. The maximum Gasteiger partial charge on any atom is 0.358 e. The number of pyridine rings is 1. The number of hydrogen-bond donors (Lipinski definition) is 1.